The van der Waals surface area contributed by atoms with E-state index < -0.39 is 17.5 Å². The van der Waals surface area contributed by atoms with Gasteiger partial charge in [-0.2, -0.15) is 5.10 Å². The number of carbonyl (C=O) groups excluding carboxylic acids is 4. The second kappa shape index (κ2) is 22.3. The molecule has 2 saturated heterocycles. The molecule has 3 aliphatic heterocycles. The predicted octanol–water partition coefficient (Wildman–Crippen LogP) is 11.2. The molecule has 0 radical (unpaired) electrons. The van der Waals surface area contributed by atoms with Crippen molar-refractivity contribution in [2.24, 2.45) is 13.0 Å². The number of ether oxygens (including phenoxy) is 2. The van der Waals surface area contributed by atoms with Crippen molar-refractivity contribution in [1.29, 1.82) is 0 Å². The highest BCUT2D eigenvalue weighted by Crippen LogP contribution is 2.39. The van der Waals surface area contributed by atoms with E-state index in [2.05, 4.69) is 68.4 Å². The Labute approximate surface area is 460 Å². The van der Waals surface area contributed by atoms with E-state index in [0.717, 1.165) is 113 Å². The van der Waals surface area contributed by atoms with Crippen LogP contribution in [0, 0.1) is 12.8 Å². The minimum absolute atomic E-state index is 0.124. The van der Waals surface area contributed by atoms with E-state index in [1.165, 1.54) is 36.3 Å². The summed E-state index contributed by atoms with van der Waals surface area (Å²) >= 11 is 1.45. The van der Waals surface area contributed by atoms with E-state index in [1.54, 1.807) is 0 Å². The number of benzene rings is 4. The largest absolute Gasteiger partial charge is 0.490 e. The van der Waals surface area contributed by atoms with Crippen LogP contribution in [0.1, 0.15) is 135 Å². The molecule has 2 N–H and O–H groups in total. The van der Waals surface area contributed by atoms with Gasteiger partial charge in [0.25, 0.3) is 5.91 Å². The molecule has 11 rings (SSSR count). The number of hydrogen-bond acceptors (Lipinski definition) is 13. The molecular weight excluding hydrogens is 999 g/mol. The van der Waals surface area contributed by atoms with Gasteiger partial charge in [-0.25, -0.2) is 14.8 Å². The highest BCUT2D eigenvalue weighted by molar-refractivity contribution is 7.22. The molecule has 2 atom stereocenters. The Morgan fingerprint density at radius 2 is 1.67 bits per heavy atom. The summed E-state index contributed by atoms with van der Waals surface area (Å²) in [6, 6.07) is 30.6. The second-order valence-corrected chi connectivity index (χ2v) is 23.9. The molecule has 0 spiro atoms. The first-order valence-electron chi connectivity index (χ1n) is 28.0. The van der Waals surface area contributed by atoms with Crippen LogP contribution in [0.2, 0.25) is 0 Å². The van der Waals surface area contributed by atoms with Crippen LogP contribution in [0.4, 0.5) is 16.6 Å². The van der Waals surface area contributed by atoms with Crippen LogP contribution >= 0.6 is 11.3 Å². The molecule has 3 aromatic heterocycles. The van der Waals surface area contributed by atoms with E-state index >= 15 is 0 Å². The van der Waals surface area contributed by atoms with Gasteiger partial charge in [0.05, 0.1) is 33.4 Å². The van der Waals surface area contributed by atoms with Gasteiger partial charge in [-0.15, -0.1) is 0 Å². The standard InChI is InChI=1S/C62H71N9O6S/c1-38-36-70(42-22-25-47-51(35-42)68(6)67-56(47)48-27-29-55(72)65-59(48)74)34-33-69(38)31-10-9-13-40-20-23-43(24-21-40)76-52-18-12-15-44(39(52)2)45-26-28-54(64-57(45)60(75)77-62(3,4)5)71-32-30-41-14-11-16-46(49(41)37-71)58(73)66-61-63-50-17-7-8-19-53(50)78-61/h7-8,11-12,14-19,22,25-26,28,35,38,40,43,48H,9-10,13,20-21,23-24,27,29-34,36-37H2,1-6H3,(H,63,66,73)(H,65,72,74)/t38-,40?,43?,48?/m0/s1. The number of para-hydroxylation sites is 1. The summed E-state index contributed by atoms with van der Waals surface area (Å²) in [5, 5.41) is 11.8. The van der Waals surface area contributed by atoms with Crippen molar-refractivity contribution in [3.05, 3.63) is 125 Å². The average molecular weight is 1070 g/mol. The highest BCUT2D eigenvalue weighted by Gasteiger charge is 2.33. The van der Waals surface area contributed by atoms with Crippen molar-refractivity contribution in [3.63, 3.8) is 0 Å². The van der Waals surface area contributed by atoms with E-state index in [1.807, 2.05) is 99.2 Å². The molecule has 4 aliphatic rings. The Hall–Kier alpha value is -7.17. The Morgan fingerprint density at radius 3 is 2.46 bits per heavy atom. The maximum absolute atomic E-state index is 14.1. The lowest BCUT2D eigenvalue weighted by Crippen LogP contribution is -2.52. The van der Waals surface area contributed by atoms with Crippen molar-refractivity contribution in [3.8, 4) is 16.9 Å². The molecule has 3 amide bonds. The van der Waals surface area contributed by atoms with Gasteiger partial charge >= 0.3 is 5.97 Å². The van der Waals surface area contributed by atoms with Gasteiger partial charge in [0, 0.05) is 74.4 Å². The molecule has 0 bridgehead atoms. The number of aryl methyl sites for hydroxylation is 1. The first-order chi connectivity index (χ1) is 37.6. The summed E-state index contributed by atoms with van der Waals surface area (Å²) in [6.07, 6.45) is 9.65. The first-order valence-corrected chi connectivity index (χ1v) is 28.8. The van der Waals surface area contributed by atoms with E-state index in [0.29, 0.717) is 60.0 Å². The number of amides is 3. The highest BCUT2D eigenvalue weighted by atomic mass is 32.1. The summed E-state index contributed by atoms with van der Waals surface area (Å²) < 4.78 is 15.7. The molecule has 78 heavy (non-hydrogen) atoms. The summed E-state index contributed by atoms with van der Waals surface area (Å²) in [5.41, 5.74) is 8.46. The number of fused-ring (bicyclic) bond motifs is 3. The van der Waals surface area contributed by atoms with Gasteiger partial charge in [-0.3, -0.25) is 34.6 Å². The first kappa shape index (κ1) is 52.9. The molecule has 16 heteroatoms. The molecule has 6 heterocycles. The SMILES string of the molecule is Cc1c(OC2CCC(CCCCN3CCN(c4ccc5c(C6CCC(=O)NC6=O)nn(C)c5c4)C[C@@H]3C)CC2)cccc1-c1ccc(N2CCc3cccc(C(=O)Nc4nc5ccccc5s4)c3C2)nc1C(=O)OC(C)(C)C. The number of carbonyl (C=O) groups is 4. The minimum Gasteiger partial charge on any atom is -0.490 e. The van der Waals surface area contributed by atoms with Gasteiger partial charge in [-0.1, -0.05) is 60.6 Å². The lowest BCUT2D eigenvalue weighted by molar-refractivity contribution is -0.134. The Morgan fingerprint density at radius 1 is 0.846 bits per heavy atom. The number of thiazole rings is 1. The van der Waals surface area contributed by atoms with Crippen LogP contribution in [0.3, 0.4) is 0 Å². The van der Waals surface area contributed by atoms with Gasteiger partial charge < -0.3 is 19.3 Å². The molecular formula is C62H71N9O6S. The number of hydrogen-bond donors (Lipinski definition) is 2. The second-order valence-electron chi connectivity index (χ2n) is 22.9. The summed E-state index contributed by atoms with van der Waals surface area (Å²) in [5.74, 6) is 0.593. The smallest absolute Gasteiger partial charge is 0.358 e. The van der Waals surface area contributed by atoms with Crippen molar-refractivity contribution in [2.75, 3.05) is 47.8 Å². The third kappa shape index (κ3) is 11.4. The van der Waals surface area contributed by atoms with Crippen molar-refractivity contribution in [1.82, 2.24) is 30.0 Å². The minimum atomic E-state index is -0.731. The summed E-state index contributed by atoms with van der Waals surface area (Å²) in [6.45, 7) is 15.2. The quantitative estimate of drug-likeness (QED) is 0.0603. The van der Waals surface area contributed by atoms with E-state index in [-0.39, 0.29) is 29.5 Å². The molecule has 1 saturated carbocycles. The van der Waals surface area contributed by atoms with Crippen LogP contribution < -0.4 is 25.2 Å². The lowest BCUT2D eigenvalue weighted by atomic mass is 9.84. The normalized spacial score (nSPS) is 20.2. The fourth-order valence-electron chi connectivity index (χ4n) is 12.1. The third-order valence-electron chi connectivity index (χ3n) is 16.4. The fourth-order valence-corrected chi connectivity index (χ4v) is 13.0. The van der Waals surface area contributed by atoms with Gasteiger partial charge in [0.2, 0.25) is 11.8 Å². The lowest BCUT2D eigenvalue weighted by Gasteiger charge is -2.41. The summed E-state index contributed by atoms with van der Waals surface area (Å²) in [4.78, 5) is 69.4. The van der Waals surface area contributed by atoms with Crippen molar-refractivity contribution < 1.29 is 28.7 Å². The number of pyridine rings is 1. The van der Waals surface area contributed by atoms with Crippen LogP contribution in [0.25, 0.3) is 32.2 Å². The number of piperazine rings is 1. The van der Waals surface area contributed by atoms with Gasteiger partial charge in [-0.05, 0) is 169 Å². The number of aromatic nitrogens is 4. The number of esters is 1. The zero-order valence-corrected chi connectivity index (χ0v) is 46.6. The number of unbranched alkanes of at least 4 members (excludes halogenated alkanes) is 1. The summed E-state index contributed by atoms with van der Waals surface area (Å²) in [7, 11) is 1.93. The maximum atomic E-state index is 14.1. The molecule has 7 aromatic rings. The van der Waals surface area contributed by atoms with E-state index in [9.17, 15) is 19.2 Å². The monoisotopic (exact) mass is 1070 g/mol. The zero-order chi connectivity index (χ0) is 54.2. The predicted molar refractivity (Wildman–Crippen MR) is 308 cm³/mol. The average Bonchev–Trinajstić information content (AvgIpc) is 4.14. The van der Waals surface area contributed by atoms with Gasteiger partial charge in [0.15, 0.2) is 10.8 Å². The molecule has 3 fully saturated rings. The van der Waals surface area contributed by atoms with Crippen LogP contribution in [0.15, 0.2) is 91.0 Å². The Bertz CT molecular complexity index is 3380. The molecule has 406 valence electrons. The number of nitrogens with one attached hydrogen (secondary N) is 2. The van der Waals surface area contributed by atoms with Crippen LogP contribution in [0.5, 0.6) is 5.75 Å². The van der Waals surface area contributed by atoms with Gasteiger partial charge in [0.1, 0.15) is 17.2 Å². The van der Waals surface area contributed by atoms with Crippen LogP contribution in [-0.2, 0) is 34.3 Å². The fraction of sp³-hybridized carbons (Fsp3) is 0.435. The Balaban J connectivity index is 0.682. The number of piperidine rings is 1. The topological polar surface area (TPSA) is 164 Å². The zero-order valence-electron chi connectivity index (χ0n) is 45.8. The number of rotatable bonds is 14. The van der Waals surface area contributed by atoms with Crippen molar-refractivity contribution in [2.45, 2.75) is 129 Å². The number of imide groups is 1. The molecule has 15 nitrogen and oxygen atoms in total. The van der Waals surface area contributed by atoms with Crippen molar-refractivity contribution >= 4 is 72.8 Å². The molecule has 4 aromatic carbocycles. The van der Waals surface area contributed by atoms with E-state index in [4.69, 9.17) is 19.6 Å². The number of anilines is 3. The molecule has 1 unspecified atom stereocenters. The molecule has 1 aliphatic carbocycles. The third-order valence-corrected chi connectivity index (χ3v) is 17.3. The number of nitrogens with zero attached hydrogens (tertiary/aromatic N) is 7. The Kier molecular flexibility index (Phi) is 15.1. The van der Waals surface area contributed by atoms with Crippen LogP contribution in [-0.4, -0.2) is 98.8 Å². The maximum Gasteiger partial charge on any atom is 0.358 e.